The number of alkyl halides is 3. The lowest BCUT2D eigenvalue weighted by Gasteiger charge is -2.17. The molecular formula is C19H22F3N3O2. The summed E-state index contributed by atoms with van der Waals surface area (Å²) in [5.74, 6) is 0.0196. The highest BCUT2D eigenvalue weighted by atomic mass is 19.4. The Kier molecular flexibility index (Phi) is 7.18. The number of aromatic nitrogens is 1. The Morgan fingerprint density at radius 2 is 1.96 bits per heavy atom. The lowest BCUT2D eigenvalue weighted by atomic mass is 10.1. The number of amides is 1. The Labute approximate surface area is 155 Å². The number of hydrogen-bond acceptors (Lipinski definition) is 4. The van der Waals surface area contributed by atoms with Crippen molar-refractivity contribution >= 4 is 11.6 Å². The molecule has 0 radical (unpaired) electrons. The molecule has 1 aromatic carbocycles. The summed E-state index contributed by atoms with van der Waals surface area (Å²) in [6.07, 6.45) is -2.87. The van der Waals surface area contributed by atoms with Gasteiger partial charge in [-0.3, -0.25) is 4.79 Å². The zero-order valence-electron chi connectivity index (χ0n) is 15.1. The summed E-state index contributed by atoms with van der Waals surface area (Å²) in [7, 11) is 0. The molecule has 5 nitrogen and oxygen atoms in total. The molecule has 8 heteroatoms. The highest BCUT2D eigenvalue weighted by Gasteiger charge is 2.33. The van der Waals surface area contributed by atoms with E-state index in [-0.39, 0.29) is 18.2 Å². The molecule has 2 rings (SSSR count). The molecule has 1 unspecified atom stereocenters. The van der Waals surface area contributed by atoms with E-state index in [1.807, 2.05) is 13.0 Å². The predicted molar refractivity (Wildman–Crippen MR) is 96.4 cm³/mol. The van der Waals surface area contributed by atoms with Crippen molar-refractivity contribution in [1.29, 1.82) is 0 Å². The van der Waals surface area contributed by atoms with E-state index in [1.54, 1.807) is 19.2 Å². The minimum atomic E-state index is -4.52. The summed E-state index contributed by atoms with van der Waals surface area (Å²) in [4.78, 5) is 16.3. The van der Waals surface area contributed by atoms with Crippen LogP contribution in [0.1, 0.15) is 31.4 Å². The van der Waals surface area contributed by atoms with Gasteiger partial charge in [0, 0.05) is 30.8 Å². The number of benzene rings is 1. The second kappa shape index (κ2) is 9.36. The van der Waals surface area contributed by atoms with Crippen LogP contribution in [0.15, 0.2) is 42.6 Å². The Bertz CT molecular complexity index is 766. The van der Waals surface area contributed by atoms with Crippen molar-refractivity contribution in [1.82, 2.24) is 10.3 Å². The van der Waals surface area contributed by atoms with Crippen LogP contribution >= 0.6 is 0 Å². The van der Waals surface area contributed by atoms with Crippen molar-refractivity contribution in [2.45, 2.75) is 39.0 Å². The second-order valence-corrected chi connectivity index (χ2v) is 5.98. The Balaban J connectivity index is 1.92. The van der Waals surface area contributed by atoms with Crippen LogP contribution < -0.4 is 15.4 Å². The van der Waals surface area contributed by atoms with Crippen LogP contribution in [0, 0.1) is 0 Å². The normalized spacial score (nSPS) is 12.5. The Morgan fingerprint density at radius 3 is 2.67 bits per heavy atom. The average Bonchev–Trinajstić information content (AvgIpc) is 2.60. The first-order valence-corrected chi connectivity index (χ1v) is 8.57. The minimum absolute atomic E-state index is 0.0242. The molecule has 0 fully saturated rings. The summed E-state index contributed by atoms with van der Waals surface area (Å²) in [5, 5.41) is 5.50. The van der Waals surface area contributed by atoms with Crippen molar-refractivity contribution in [2.75, 3.05) is 11.9 Å². The van der Waals surface area contributed by atoms with E-state index in [0.29, 0.717) is 19.0 Å². The lowest BCUT2D eigenvalue weighted by molar-refractivity contribution is -0.137. The molecule has 1 heterocycles. The van der Waals surface area contributed by atoms with Crippen LogP contribution in [0.5, 0.6) is 5.88 Å². The maximum absolute atomic E-state index is 13.0. The smallest absolute Gasteiger partial charge is 0.418 e. The summed E-state index contributed by atoms with van der Waals surface area (Å²) >= 11 is 0. The quantitative estimate of drug-likeness (QED) is 0.725. The van der Waals surface area contributed by atoms with E-state index in [1.165, 1.54) is 18.2 Å². The monoisotopic (exact) mass is 381 g/mol. The van der Waals surface area contributed by atoms with Gasteiger partial charge < -0.3 is 15.4 Å². The number of rotatable bonds is 8. The number of ether oxygens (including phenoxy) is 1. The molecule has 0 spiro atoms. The van der Waals surface area contributed by atoms with Crippen LogP contribution in [0.3, 0.4) is 0 Å². The van der Waals surface area contributed by atoms with Gasteiger partial charge >= 0.3 is 6.18 Å². The number of anilines is 1. The molecule has 1 atom stereocenters. The van der Waals surface area contributed by atoms with Gasteiger partial charge in [-0.2, -0.15) is 13.2 Å². The molecule has 27 heavy (non-hydrogen) atoms. The van der Waals surface area contributed by atoms with Crippen molar-refractivity contribution in [3.63, 3.8) is 0 Å². The highest BCUT2D eigenvalue weighted by molar-refractivity contribution is 5.92. The van der Waals surface area contributed by atoms with Crippen LogP contribution in [-0.4, -0.2) is 23.5 Å². The lowest BCUT2D eigenvalue weighted by Crippen LogP contribution is -2.30. The summed E-state index contributed by atoms with van der Waals surface area (Å²) in [6, 6.07) is 8.30. The van der Waals surface area contributed by atoms with E-state index in [4.69, 9.17) is 4.74 Å². The molecule has 1 aromatic heterocycles. The van der Waals surface area contributed by atoms with E-state index in [2.05, 4.69) is 15.6 Å². The number of pyridine rings is 1. The van der Waals surface area contributed by atoms with Gasteiger partial charge in [-0.25, -0.2) is 4.98 Å². The van der Waals surface area contributed by atoms with Crippen molar-refractivity contribution in [3.8, 4) is 5.88 Å². The van der Waals surface area contributed by atoms with E-state index in [0.717, 1.165) is 11.6 Å². The zero-order valence-corrected chi connectivity index (χ0v) is 15.1. The first-order valence-electron chi connectivity index (χ1n) is 8.57. The summed E-state index contributed by atoms with van der Waals surface area (Å²) < 4.78 is 44.4. The van der Waals surface area contributed by atoms with E-state index < -0.39 is 17.6 Å². The number of hydrogen-bond donors (Lipinski definition) is 2. The summed E-state index contributed by atoms with van der Waals surface area (Å²) in [6.45, 7) is 4.56. The van der Waals surface area contributed by atoms with E-state index in [9.17, 15) is 18.0 Å². The number of carbonyl (C=O) groups is 1. The fraction of sp³-hybridized carbons (Fsp3) is 0.368. The number of nitrogens with zero attached hydrogens (tertiary/aromatic N) is 1. The van der Waals surface area contributed by atoms with Crippen molar-refractivity contribution in [2.24, 2.45) is 0 Å². The van der Waals surface area contributed by atoms with Crippen LogP contribution in [0.25, 0.3) is 0 Å². The molecule has 0 saturated carbocycles. The standard InChI is InChI=1S/C19H22F3N3O2/c1-3-27-18-14(7-6-10-23-18)12-24-13(2)11-17(26)25-16-9-5-4-8-15(16)19(20,21)22/h4-10,13,24H,3,11-12H2,1-2H3,(H,25,26). The van der Waals surface area contributed by atoms with Gasteiger partial charge in [0.2, 0.25) is 11.8 Å². The van der Waals surface area contributed by atoms with E-state index >= 15 is 0 Å². The SMILES string of the molecule is CCOc1ncccc1CNC(C)CC(=O)Nc1ccccc1C(F)(F)F. The Morgan fingerprint density at radius 1 is 1.22 bits per heavy atom. The molecule has 2 N–H and O–H groups in total. The van der Waals surface area contributed by atoms with Gasteiger partial charge in [0.05, 0.1) is 17.9 Å². The maximum atomic E-state index is 13.0. The van der Waals surface area contributed by atoms with Crippen LogP contribution in [0.4, 0.5) is 18.9 Å². The van der Waals surface area contributed by atoms with Gasteiger partial charge in [0.1, 0.15) is 0 Å². The molecule has 0 aliphatic heterocycles. The fourth-order valence-corrected chi connectivity index (χ4v) is 2.50. The molecule has 0 aliphatic rings. The number of carbonyl (C=O) groups excluding carboxylic acids is 1. The molecule has 1 amide bonds. The fourth-order valence-electron chi connectivity index (χ4n) is 2.50. The molecule has 0 saturated heterocycles. The molecule has 146 valence electrons. The number of halogens is 3. The number of para-hydroxylation sites is 1. The van der Waals surface area contributed by atoms with Gasteiger partial charge in [0.15, 0.2) is 0 Å². The first-order chi connectivity index (χ1) is 12.8. The first kappa shape index (κ1) is 20.7. The van der Waals surface area contributed by atoms with Gasteiger partial charge in [-0.1, -0.05) is 18.2 Å². The number of nitrogens with one attached hydrogen (secondary N) is 2. The Hall–Kier alpha value is -2.61. The summed E-state index contributed by atoms with van der Waals surface area (Å²) in [5.41, 5.74) is -0.266. The molecule has 0 bridgehead atoms. The highest BCUT2D eigenvalue weighted by Crippen LogP contribution is 2.34. The maximum Gasteiger partial charge on any atom is 0.418 e. The molecule has 0 aliphatic carbocycles. The van der Waals surface area contributed by atoms with Gasteiger partial charge in [-0.15, -0.1) is 0 Å². The van der Waals surface area contributed by atoms with Crippen molar-refractivity contribution in [3.05, 3.63) is 53.7 Å². The average molecular weight is 381 g/mol. The second-order valence-electron chi connectivity index (χ2n) is 5.98. The zero-order chi connectivity index (χ0) is 19.9. The largest absolute Gasteiger partial charge is 0.478 e. The van der Waals surface area contributed by atoms with Crippen LogP contribution in [0.2, 0.25) is 0 Å². The van der Waals surface area contributed by atoms with Crippen molar-refractivity contribution < 1.29 is 22.7 Å². The third-order valence-electron chi connectivity index (χ3n) is 3.77. The third-order valence-corrected chi connectivity index (χ3v) is 3.77. The van der Waals surface area contributed by atoms with Crippen LogP contribution in [-0.2, 0) is 17.5 Å². The molecular weight excluding hydrogens is 359 g/mol. The minimum Gasteiger partial charge on any atom is -0.478 e. The molecule has 2 aromatic rings. The topological polar surface area (TPSA) is 63.2 Å². The predicted octanol–water partition coefficient (Wildman–Crippen LogP) is 4.01. The third kappa shape index (κ3) is 6.25. The van der Waals surface area contributed by atoms with Gasteiger partial charge in [-0.05, 0) is 32.0 Å². The van der Waals surface area contributed by atoms with Gasteiger partial charge in [0.25, 0.3) is 0 Å².